The minimum Gasteiger partial charge on any atom is -0.481 e. The van der Waals surface area contributed by atoms with Crippen molar-refractivity contribution in [2.45, 2.75) is 104 Å². The Morgan fingerprint density at radius 3 is 1.80 bits per heavy atom. The highest BCUT2D eigenvalue weighted by Crippen LogP contribution is 2.82. The lowest BCUT2D eigenvalue weighted by Gasteiger charge is -2.57. The summed E-state index contributed by atoms with van der Waals surface area (Å²) in [4.78, 5) is 77.9. The van der Waals surface area contributed by atoms with Gasteiger partial charge in [0.1, 0.15) is 12.2 Å². The highest BCUT2D eigenvalue weighted by Gasteiger charge is 2.78. The van der Waals surface area contributed by atoms with E-state index in [1.54, 1.807) is 0 Å². The number of carbonyl (C=O) groups is 6. The van der Waals surface area contributed by atoms with E-state index in [9.17, 15) is 33.9 Å². The fourth-order valence-electron chi connectivity index (χ4n) is 22.9. The number of aliphatic carboxylic acids is 1. The molecule has 0 spiro atoms. The average Bonchev–Trinajstić information content (AvgIpc) is 4.09. The van der Waals surface area contributed by atoms with Gasteiger partial charge in [0.15, 0.2) is 6.61 Å². The van der Waals surface area contributed by atoms with E-state index < -0.39 is 29.4 Å². The zero-order valence-electron chi connectivity index (χ0n) is 38.7. The monoisotopic (exact) mass is 898 g/mol. The molecule has 0 amide bonds. The van der Waals surface area contributed by atoms with Crippen LogP contribution in [0, 0.1) is 166 Å². The van der Waals surface area contributed by atoms with Crippen molar-refractivity contribution in [3.05, 3.63) is 0 Å². The zero-order chi connectivity index (χ0) is 44.9. The van der Waals surface area contributed by atoms with Crippen LogP contribution in [0.25, 0.3) is 0 Å². The minimum absolute atomic E-state index is 0.0565. The Hall–Kier alpha value is -3.02. The number of esters is 4. The predicted molar refractivity (Wildman–Crippen MR) is 228 cm³/mol. The van der Waals surface area contributed by atoms with Gasteiger partial charge >= 0.3 is 29.8 Å². The lowest BCUT2D eigenvalue weighted by molar-refractivity contribution is -0.170. The van der Waals surface area contributed by atoms with Crippen molar-refractivity contribution < 1.29 is 57.6 Å². The van der Waals surface area contributed by atoms with Crippen LogP contribution in [0.3, 0.4) is 0 Å². The van der Waals surface area contributed by atoms with E-state index in [-0.39, 0.29) is 66.8 Å². The molecule has 12 bridgehead atoms. The van der Waals surface area contributed by atoms with Crippen molar-refractivity contribution in [2.24, 2.45) is 166 Å². The Bertz CT molecular complexity index is 2060. The third-order valence-corrected chi connectivity index (χ3v) is 23.2. The number of hydrogen-bond acceptors (Lipinski definition) is 11. The lowest BCUT2D eigenvalue weighted by Crippen LogP contribution is -2.55. The first-order chi connectivity index (χ1) is 31.1. The maximum atomic E-state index is 14.2. The van der Waals surface area contributed by atoms with Gasteiger partial charge in [0.2, 0.25) is 0 Å². The number of carboxylic acid groups (broad SMARTS) is 1. The molecule has 12 heteroatoms. The summed E-state index contributed by atoms with van der Waals surface area (Å²) in [6, 6.07) is 0. The van der Waals surface area contributed by atoms with Crippen LogP contribution >= 0.6 is 0 Å². The van der Waals surface area contributed by atoms with E-state index >= 15 is 0 Å². The minimum atomic E-state index is -0.648. The number of carbonyl (C=O) groups excluding carboxylic acids is 5. The SMILES string of the molecule is CC1C(=O)OC(=O)C1C1C2CC(C3C4CC(OCCOC=O)C(C4)C23)C1C1C2CC(C3C4CC(C(=O)O)C(C4)C23)C1C1C(C)C2CC1C1C3CC(CC3C(=O)OCC(=O)OC(C)(C)C)C21. The summed E-state index contributed by atoms with van der Waals surface area (Å²) in [6.07, 6.45) is 9.56. The number of carboxylic acids is 1. The van der Waals surface area contributed by atoms with Gasteiger partial charge in [0.05, 0.1) is 36.4 Å². The van der Waals surface area contributed by atoms with Gasteiger partial charge < -0.3 is 28.8 Å². The summed E-state index contributed by atoms with van der Waals surface area (Å²) in [7, 11) is 0. The summed E-state index contributed by atoms with van der Waals surface area (Å²) in [5, 5.41) is 10.6. The van der Waals surface area contributed by atoms with E-state index in [4.69, 9.17) is 23.7 Å². The Labute approximate surface area is 382 Å². The van der Waals surface area contributed by atoms with Gasteiger partial charge in [-0.3, -0.25) is 24.0 Å². The smallest absolute Gasteiger partial charge is 0.344 e. The molecular weight excluding hydrogens is 829 g/mol. The number of rotatable bonds is 12. The second-order valence-corrected chi connectivity index (χ2v) is 25.8. The third kappa shape index (κ3) is 5.70. The van der Waals surface area contributed by atoms with Crippen LogP contribution in [-0.4, -0.2) is 73.0 Å². The maximum absolute atomic E-state index is 14.2. The standard InChI is InChI=1S/C53H70O12/c1-19-24-14-30(43-26-9-22(39(24)43)11-28(26)51(59)63-17-36(55)65-53(3,4)5)37(19)45-31-15-33(42-25-8-21(40(31)42)10-27(25)49(56)57)48(45)47-32-16-34(46(47)38-20(2)50(58)64-52(38)60)44-29-12-23(41(32)44)13-35(29)62-7-6-61-18-54/h18-35,37-48H,6-17H2,1-5H3,(H,56,57). The highest BCUT2D eigenvalue weighted by molar-refractivity contribution is 5.96. The Balaban J connectivity index is 0.850. The highest BCUT2D eigenvalue weighted by atomic mass is 16.6. The lowest BCUT2D eigenvalue weighted by atomic mass is 9.47. The molecule has 12 nitrogen and oxygen atoms in total. The quantitative estimate of drug-likeness (QED) is 0.0560. The second kappa shape index (κ2) is 14.5. The molecule has 1 aliphatic heterocycles. The van der Waals surface area contributed by atoms with E-state index in [0.717, 1.165) is 44.9 Å². The Morgan fingerprint density at radius 1 is 0.615 bits per heavy atom. The summed E-state index contributed by atoms with van der Waals surface area (Å²) >= 11 is 0. The van der Waals surface area contributed by atoms with Gasteiger partial charge in [-0.25, -0.2) is 4.79 Å². The van der Waals surface area contributed by atoms with Crippen LogP contribution in [-0.2, 0) is 52.5 Å². The molecule has 29 atom stereocenters. The molecule has 12 saturated carbocycles. The van der Waals surface area contributed by atoms with Crippen LogP contribution in [0.2, 0.25) is 0 Å². The van der Waals surface area contributed by atoms with Crippen LogP contribution in [0.1, 0.15) is 92.4 Å². The fourth-order valence-corrected chi connectivity index (χ4v) is 22.9. The molecule has 0 radical (unpaired) electrons. The van der Waals surface area contributed by atoms with Gasteiger partial charge in [-0.15, -0.1) is 0 Å². The molecule has 13 rings (SSSR count). The molecule has 1 heterocycles. The molecular formula is C53H70O12. The van der Waals surface area contributed by atoms with Gasteiger partial charge in [-0.05, 0) is 221 Å². The van der Waals surface area contributed by atoms with Gasteiger partial charge in [0, 0.05) is 0 Å². The molecule has 0 aromatic carbocycles. The average molecular weight is 899 g/mol. The first-order valence-electron chi connectivity index (χ1n) is 26.2. The molecule has 0 aromatic rings. The molecule has 13 fully saturated rings. The molecule has 29 unspecified atom stereocenters. The molecule has 12 aliphatic carbocycles. The van der Waals surface area contributed by atoms with Gasteiger partial charge in [0.25, 0.3) is 6.47 Å². The van der Waals surface area contributed by atoms with Crippen molar-refractivity contribution in [3.63, 3.8) is 0 Å². The number of cyclic esters (lactones) is 2. The Kier molecular flexibility index (Phi) is 9.40. The summed E-state index contributed by atoms with van der Waals surface area (Å²) in [5.74, 6) is 7.39. The number of hydrogen-bond donors (Lipinski definition) is 1. The second-order valence-electron chi connectivity index (χ2n) is 25.8. The normalized spacial score (nSPS) is 56.1. The molecule has 65 heavy (non-hydrogen) atoms. The molecule has 13 aliphatic rings. The molecule has 354 valence electrons. The van der Waals surface area contributed by atoms with E-state index in [0.29, 0.717) is 137 Å². The predicted octanol–water partition coefficient (Wildman–Crippen LogP) is 6.57. The fraction of sp³-hybridized carbons (Fsp3) is 0.887. The maximum Gasteiger partial charge on any atom is 0.344 e. The van der Waals surface area contributed by atoms with E-state index in [1.165, 1.54) is 12.8 Å². The van der Waals surface area contributed by atoms with Crippen LogP contribution in [0.5, 0.6) is 0 Å². The van der Waals surface area contributed by atoms with Crippen molar-refractivity contribution in [2.75, 3.05) is 19.8 Å². The third-order valence-electron chi connectivity index (χ3n) is 23.2. The number of fused-ring (bicyclic) bond motifs is 27. The van der Waals surface area contributed by atoms with Crippen LogP contribution in [0.15, 0.2) is 0 Å². The van der Waals surface area contributed by atoms with E-state index in [2.05, 4.69) is 6.92 Å². The topological polar surface area (TPSA) is 169 Å². The van der Waals surface area contributed by atoms with Crippen molar-refractivity contribution in [3.8, 4) is 0 Å². The number of ether oxygens (including phenoxy) is 5. The van der Waals surface area contributed by atoms with Gasteiger partial charge in [-0.1, -0.05) is 13.8 Å². The van der Waals surface area contributed by atoms with Crippen molar-refractivity contribution >= 4 is 36.3 Å². The van der Waals surface area contributed by atoms with Crippen molar-refractivity contribution in [1.29, 1.82) is 0 Å². The van der Waals surface area contributed by atoms with Crippen LogP contribution in [0.4, 0.5) is 0 Å². The molecule has 1 saturated heterocycles. The first kappa shape index (κ1) is 42.1. The van der Waals surface area contributed by atoms with E-state index in [1.807, 2.05) is 27.7 Å². The first-order valence-corrected chi connectivity index (χ1v) is 26.2. The Morgan fingerprint density at radius 2 is 1.15 bits per heavy atom. The van der Waals surface area contributed by atoms with Gasteiger partial charge in [-0.2, -0.15) is 0 Å². The molecule has 0 aromatic heterocycles. The molecule has 1 N–H and O–H groups in total. The summed E-state index contributed by atoms with van der Waals surface area (Å²) < 4.78 is 28.3. The zero-order valence-corrected chi connectivity index (χ0v) is 38.7. The van der Waals surface area contributed by atoms with Crippen molar-refractivity contribution in [1.82, 2.24) is 0 Å². The summed E-state index contributed by atoms with van der Waals surface area (Å²) in [5.41, 5.74) is -0.648. The largest absolute Gasteiger partial charge is 0.481 e. The summed E-state index contributed by atoms with van der Waals surface area (Å²) in [6.45, 7) is 10.7. The van der Waals surface area contributed by atoms with Crippen LogP contribution < -0.4 is 0 Å².